The zero-order chi connectivity index (χ0) is 21.5. The first-order valence-corrected chi connectivity index (χ1v) is 10.9. The Morgan fingerprint density at radius 2 is 1.57 bits per heavy atom. The van der Waals surface area contributed by atoms with E-state index in [2.05, 4.69) is 43.1 Å². The first-order chi connectivity index (χ1) is 14.5. The van der Waals surface area contributed by atoms with Gasteiger partial charge in [-0.05, 0) is 35.6 Å². The number of rotatable bonds is 7. The number of carbonyl (C=O) groups excluding carboxylic acids is 2. The van der Waals surface area contributed by atoms with Crippen molar-refractivity contribution in [2.75, 3.05) is 32.7 Å². The van der Waals surface area contributed by atoms with Crippen molar-refractivity contribution in [2.24, 2.45) is 5.92 Å². The fourth-order valence-corrected chi connectivity index (χ4v) is 3.89. The third-order valence-corrected chi connectivity index (χ3v) is 5.78. The van der Waals surface area contributed by atoms with Gasteiger partial charge in [0.05, 0.1) is 12.6 Å². The number of aryl methyl sites for hydroxylation is 1. The first kappa shape index (κ1) is 22.0. The third-order valence-electron chi connectivity index (χ3n) is 5.78. The van der Waals surface area contributed by atoms with E-state index < -0.39 is 0 Å². The van der Waals surface area contributed by atoms with Gasteiger partial charge in [0.15, 0.2) is 0 Å². The predicted molar refractivity (Wildman–Crippen MR) is 120 cm³/mol. The van der Waals surface area contributed by atoms with E-state index in [1.165, 1.54) is 5.56 Å². The van der Waals surface area contributed by atoms with Gasteiger partial charge >= 0.3 is 0 Å². The molecule has 1 fully saturated rings. The topological polar surface area (TPSA) is 52.7 Å². The number of hydrogen-bond acceptors (Lipinski definition) is 3. The van der Waals surface area contributed by atoms with Crippen molar-refractivity contribution in [3.63, 3.8) is 0 Å². The minimum atomic E-state index is 0.00709. The lowest BCUT2D eigenvalue weighted by atomic mass is 9.96. The second-order valence-electron chi connectivity index (χ2n) is 8.32. The number of carbonyl (C=O) groups is 2. The van der Waals surface area contributed by atoms with Crippen molar-refractivity contribution in [3.8, 4) is 0 Å². The molecule has 0 bridgehead atoms. The molecule has 1 heterocycles. The molecule has 1 saturated heterocycles. The van der Waals surface area contributed by atoms with Crippen molar-refractivity contribution in [2.45, 2.75) is 33.2 Å². The molecule has 1 aliphatic heterocycles. The Balaban J connectivity index is 1.50. The first-order valence-electron chi connectivity index (χ1n) is 10.9. The van der Waals surface area contributed by atoms with Crippen LogP contribution >= 0.6 is 0 Å². The van der Waals surface area contributed by atoms with Gasteiger partial charge < -0.3 is 10.2 Å². The van der Waals surface area contributed by atoms with Crippen LogP contribution in [0, 0.1) is 5.92 Å². The highest BCUT2D eigenvalue weighted by molar-refractivity contribution is 5.94. The monoisotopic (exact) mass is 407 g/mol. The van der Waals surface area contributed by atoms with E-state index in [1.807, 2.05) is 47.4 Å². The molecular weight excluding hydrogens is 374 g/mol. The lowest BCUT2D eigenvalue weighted by Gasteiger charge is -2.35. The summed E-state index contributed by atoms with van der Waals surface area (Å²) in [5.41, 5.74) is 3.10. The van der Waals surface area contributed by atoms with Gasteiger partial charge in [-0.25, -0.2) is 0 Å². The quantitative estimate of drug-likeness (QED) is 0.764. The van der Waals surface area contributed by atoms with Gasteiger partial charge in [0.2, 0.25) is 5.91 Å². The summed E-state index contributed by atoms with van der Waals surface area (Å²) in [5, 5.41) is 3.19. The third kappa shape index (κ3) is 5.70. The standard InChI is InChI=1S/C25H33N3O2/c1-4-20-10-12-22(13-11-20)25(30)28-16-14-27(15-17-28)18-23(29)26-24(19(2)3)21-8-6-5-7-9-21/h5-13,19,24H,4,14-18H2,1-3H3,(H,26,29). The van der Waals surface area contributed by atoms with E-state index in [-0.39, 0.29) is 17.9 Å². The zero-order valence-corrected chi connectivity index (χ0v) is 18.3. The van der Waals surface area contributed by atoms with Crippen molar-refractivity contribution in [1.82, 2.24) is 15.1 Å². The molecule has 2 aromatic rings. The van der Waals surface area contributed by atoms with Crippen molar-refractivity contribution in [1.29, 1.82) is 0 Å². The van der Waals surface area contributed by atoms with Crippen LogP contribution in [-0.2, 0) is 11.2 Å². The van der Waals surface area contributed by atoms with Gasteiger partial charge in [0.25, 0.3) is 5.91 Å². The lowest BCUT2D eigenvalue weighted by molar-refractivity contribution is -0.123. The largest absolute Gasteiger partial charge is 0.348 e. The Bertz CT molecular complexity index is 825. The van der Waals surface area contributed by atoms with Gasteiger partial charge in [0.1, 0.15) is 0 Å². The molecule has 0 spiro atoms. The Kier molecular flexibility index (Phi) is 7.63. The van der Waals surface area contributed by atoms with Crippen molar-refractivity contribution in [3.05, 3.63) is 71.3 Å². The maximum atomic E-state index is 12.7. The van der Waals surface area contributed by atoms with Crippen LogP contribution in [0.15, 0.2) is 54.6 Å². The van der Waals surface area contributed by atoms with Crippen LogP contribution in [-0.4, -0.2) is 54.3 Å². The summed E-state index contributed by atoms with van der Waals surface area (Å²) in [6.45, 7) is 9.43. The molecule has 1 aliphatic rings. The smallest absolute Gasteiger partial charge is 0.253 e. The molecule has 1 atom stereocenters. The molecule has 160 valence electrons. The summed E-state index contributed by atoms with van der Waals surface area (Å²) >= 11 is 0. The average molecular weight is 408 g/mol. The minimum absolute atomic E-state index is 0.00709. The summed E-state index contributed by atoms with van der Waals surface area (Å²) in [4.78, 5) is 29.4. The fourth-order valence-electron chi connectivity index (χ4n) is 3.89. The lowest BCUT2D eigenvalue weighted by Crippen LogP contribution is -2.51. The molecule has 0 radical (unpaired) electrons. The number of nitrogens with zero attached hydrogens (tertiary/aromatic N) is 2. The number of piperazine rings is 1. The summed E-state index contributed by atoms with van der Waals surface area (Å²) in [7, 11) is 0. The van der Waals surface area contributed by atoms with Crippen molar-refractivity contribution >= 4 is 11.8 Å². The van der Waals surface area contributed by atoms with E-state index in [4.69, 9.17) is 0 Å². The molecule has 0 aliphatic carbocycles. The van der Waals surface area contributed by atoms with E-state index >= 15 is 0 Å². The molecular formula is C25H33N3O2. The molecule has 1 N–H and O–H groups in total. The van der Waals surface area contributed by atoms with Crippen molar-refractivity contribution < 1.29 is 9.59 Å². The maximum absolute atomic E-state index is 12.7. The predicted octanol–water partition coefficient (Wildman–Crippen LogP) is 3.52. The van der Waals surface area contributed by atoms with E-state index in [9.17, 15) is 9.59 Å². The molecule has 5 heteroatoms. The molecule has 1 unspecified atom stereocenters. The summed E-state index contributed by atoms with van der Waals surface area (Å²) in [6.07, 6.45) is 0.969. The number of nitrogens with one attached hydrogen (secondary N) is 1. The SMILES string of the molecule is CCc1ccc(C(=O)N2CCN(CC(=O)NC(c3ccccc3)C(C)C)CC2)cc1. The molecule has 3 rings (SSSR count). The Hall–Kier alpha value is -2.66. The number of benzene rings is 2. The fraction of sp³-hybridized carbons (Fsp3) is 0.440. The van der Waals surface area contributed by atoms with E-state index in [0.717, 1.165) is 17.5 Å². The van der Waals surface area contributed by atoms with Crippen LogP contribution < -0.4 is 5.32 Å². The highest BCUT2D eigenvalue weighted by Gasteiger charge is 2.25. The highest BCUT2D eigenvalue weighted by atomic mass is 16.2. The number of amides is 2. The molecule has 0 saturated carbocycles. The second-order valence-corrected chi connectivity index (χ2v) is 8.32. The van der Waals surface area contributed by atoms with Crippen LogP contribution in [0.2, 0.25) is 0 Å². The Labute approximate surface area is 180 Å². The van der Waals surface area contributed by atoms with Gasteiger partial charge in [-0.2, -0.15) is 0 Å². The summed E-state index contributed by atoms with van der Waals surface area (Å²) in [5.74, 6) is 0.420. The van der Waals surface area contributed by atoms with E-state index in [0.29, 0.717) is 38.6 Å². The Morgan fingerprint density at radius 3 is 2.13 bits per heavy atom. The number of hydrogen-bond donors (Lipinski definition) is 1. The van der Waals surface area contributed by atoms with E-state index in [1.54, 1.807) is 0 Å². The van der Waals surface area contributed by atoms with Crippen LogP contribution in [0.5, 0.6) is 0 Å². The normalized spacial score (nSPS) is 15.8. The van der Waals surface area contributed by atoms with Gasteiger partial charge in [-0.15, -0.1) is 0 Å². The average Bonchev–Trinajstić information content (AvgIpc) is 2.78. The maximum Gasteiger partial charge on any atom is 0.253 e. The van der Waals surface area contributed by atoms with Crippen LogP contribution in [0.25, 0.3) is 0 Å². The molecule has 30 heavy (non-hydrogen) atoms. The Morgan fingerprint density at radius 1 is 0.933 bits per heavy atom. The van der Waals surface area contributed by atoms with Crippen LogP contribution in [0.1, 0.15) is 48.3 Å². The molecule has 2 amide bonds. The van der Waals surface area contributed by atoms with Gasteiger partial charge in [-0.1, -0.05) is 63.2 Å². The minimum Gasteiger partial charge on any atom is -0.348 e. The molecule has 5 nitrogen and oxygen atoms in total. The zero-order valence-electron chi connectivity index (χ0n) is 18.3. The summed E-state index contributed by atoms with van der Waals surface area (Å²) < 4.78 is 0. The molecule has 2 aromatic carbocycles. The summed E-state index contributed by atoms with van der Waals surface area (Å²) in [6, 6.07) is 18.0. The van der Waals surface area contributed by atoms with Gasteiger partial charge in [0, 0.05) is 31.7 Å². The van der Waals surface area contributed by atoms with Gasteiger partial charge in [-0.3, -0.25) is 14.5 Å². The van der Waals surface area contributed by atoms with Crippen LogP contribution in [0.4, 0.5) is 0 Å². The highest BCUT2D eigenvalue weighted by Crippen LogP contribution is 2.21. The molecule has 0 aromatic heterocycles. The second kappa shape index (κ2) is 10.4. The van der Waals surface area contributed by atoms with Crippen LogP contribution in [0.3, 0.4) is 0 Å².